The van der Waals surface area contributed by atoms with E-state index in [1.807, 2.05) is 11.3 Å². The lowest BCUT2D eigenvalue weighted by Crippen LogP contribution is -1.96. The van der Waals surface area contributed by atoms with Gasteiger partial charge in [-0.25, -0.2) is 0 Å². The molecule has 0 N–H and O–H groups in total. The Morgan fingerprint density at radius 1 is 0.372 bits per heavy atom. The minimum Gasteiger partial charge on any atom is -0.307 e. The van der Waals surface area contributed by atoms with Crippen molar-refractivity contribution in [1.29, 1.82) is 0 Å². The van der Waals surface area contributed by atoms with Crippen molar-refractivity contribution >= 4 is 102 Å². The van der Waals surface area contributed by atoms with Gasteiger partial charge in [-0.3, -0.25) is 0 Å². The predicted octanol–water partition coefficient (Wildman–Crippen LogP) is 11.5. The van der Waals surface area contributed by atoms with E-state index < -0.39 is 0 Å². The molecule has 0 saturated heterocycles. The molecule has 2 nitrogen and oxygen atoms in total. The first-order chi connectivity index (χ1) is 21.4. The van der Waals surface area contributed by atoms with Crippen LogP contribution in [0, 0.1) is 0 Å². The minimum atomic E-state index is 1.20. The lowest BCUT2D eigenvalue weighted by Gasteiger charge is -2.12. The van der Waals surface area contributed by atoms with Crippen LogP contribution in [0.3, 0.4) is 0 Å². The minimum absolute atomic E-state index is 1.20. The summed E-state index contributed by atoms with van der Waals surface area (Å²) in [5, 5.41) is 13.1. The summed E-state index contributed by atoms with van der Waals surface area (Å²) in [6.07, 6.45) is 0. The van der Waals surface area contributed by atoms with Crippen molar-refractivity contribution in [2.45, 2.75) is 0 Å². The predicted molar refractivity (Wildman–Crippen MR) is 186 cm³/mol. The average Bonchev–Trinajstić information content (AvgIpc) is 3.80. The second-order valence-corrected chi connectivity index (χ2v) is 12.8. The van der Waals surface area contributed by atoms with Crippen LogP contribution in [0.4, 0.5) is 0 Å². The van der Waals surface area contributed by atoms with E-state index in [-0.39, 0.29) is 0 Å². The SMILES string of the molecule is c1ccc2c(c1)sc1ccc(-n3c4ccccc4c4c5ccccc5c5c6cccc7c8ccccc8n(c76)c5c43)cc12. The van der Waals surface area contributed by atoms with Gasteiger partial charge in [-0.05, 0) is 47.2 Å². The molecule has 0 aliphatic heterocycles. The number of nitrogens with zero attached hydrogens (tertiary/aromatic N) is 2. The van der Waals surface area contributed by atoms with Crippen molar-refractivity contribution in [1.82, 2.24) is 8.97 Å². The zero-order valence-electron chi connectivity index (χ0n) is 23.0. The highest BCUT2D eigenvalue weighted by Crippen LogP contribution is 2.48. The summed E-state index contributed by atoms with van der Waals surface area (Å²) in [5.74, 6) is 0. The molecule has 0 fully saturated rings. The second-order valence-electron chi connectivity index (χ2n) is 11.7. The molecule has 11 rings (SSSR count). The van der Waals surface area contributed by atoms with E-state index in [9.17, 15) is 0 Å². The van der Waals surface area contributed by atoms with Crippen LogP contribution in [-0.4, -0.2) is 8.97 Å². The van der Waals surface area contributed by atoms with Crippen LogP contribution < -0.4 is 0 Å². The standard InChI is InChI=1S/C40H22N2S/c1-2-13-27-26(12-1)36-29-14-4-7-18-33(29)41(23-20-21-35-31(22-23)25-11-5-8-19-34(25)43-35)39(36)40-37(27)30-16-9-15-28-24-10-3-6-17-32(24)42(40)38(28)30/h1-22H. The summed E-state index contributed by atoms with van der Waals surface area (Å²) in [7, 11) is 0. The number of aromatic nitrogens is 2. The van der Waals surface area contributed by atoms with Gasteiger partial charge in [0.25, 0.3) is 0 Å². The zero-order chi connectivity index (χ0) is 27.8. The Kier molecular flexibility index (Phi) is 3.99. The molecule has 0 saturated carbocycles. The highest BCUT2D eigenvalue weighted by atomic mass is 32.1. The van der Waals surface area contributed by atoms with Crippen LogP contribution in [0.15, 0.2) is 133 Å². The fraction of sp³-hybridized carbons (Fsp3) is 0. The molecule has 0 unspecified atom stereocenters. The number of hydrogen-bond acceptors (Lipinski definition) is 1. The molecule has 43 heavy (non-hydrogen) atoms. The fourth-order valence-corrected chi connectivity index (χ4v) is 9.05. The summed E-state index contributed by atoms with van der Waals surface area (Å²) >= 11 is 1.87. The molecule has 0 amide bonds. The molecule has 0 atom stereocenters. The monoisotopic (exact) mass is 562 g/mol. The summed E-state index contributed by atoms with van der Waals surface area (Å²) in [4.78, 5) is 0. The van der Waals surface area contributed by atoms with Gasteiger partial charge in [0.2, 0.25) is 0 Å². The van der Waals surface area contributed by atoms with Crippen LogP contribution in [-0.2, 0) is 0 Å². The molecule has 0 spiro atoms. The van der Waals surface area contributed by atoms with E-state index >= 15 is 0 Å². The summed E-state index contributed by atoms with van der Waals surface area (Å²) in [5.41, 5.74) is 7.56. The third-order valence-corrected chi connectivity index (χ3v) is 10.8. The smallest absolute Gasteiger partial charge is 0.0795 e. The maximum atomic E-state index is 2.55. The topological polar surface area (TPSA) is 9.34 Å². The lowest BCUT2D eigenvalue weighted by atomic mass is 9.98. The number of hydrogen-bond donors (Lipinski definition) is 0. The van der Waals surface area contributed by atoms with Gasteiger partial charge in [0.1, 0.15) is 0 Å². The molecule has 3 heteroatoms. The van der Waals surface area contributed by atoms with E-state index in [1.54, 1.807) is 0 Å². The normalized spacial score (nSPS) is 12.7. The quantitative estimate of drug-likeness (QED) is 0.188. The summed E-state index contributed by atoms with van der Waals surface area (Å²) in [6, 6.07) is 49.5. The van der Waals surface area contributed by atoms with Gasteiger partial charge in [-0.2, -0.15) is 0 Å². The van der Waals surface area contributed by atoms with E-state index in [2.05, 4.69) is 142 Å². The molecule has 7 aromatic carbocycles. The first-order valence-corrected chi connectivity index (χ1v) is 15.6. The van der Waals surface area contributed by atoms with Gasteiger partial charge in [-0.1, -0.05) is 97.1 Å². The number of para-hydroxylation sites is 3. The molecule has 4 aromatic heterocycles. The number of rotatable bonds is 1. The van der Waals surface area contributed by atoms with Crippen LogP contribution in [0.1, 0.15) is 0 Å². The van der Waals surface area contributed by atoms with Gasteiger partial charge < -0.3 is 8.97 Å². The zero-order valence-corrected chi connectivity index (χ0v) is 23.8. The number of fused-ring (bicyclic) bond motifs is 16. The van der Waals surface area contributed by atoms with Crippen molar-refractivity contribution in [3.63, 3.8) is 0 Å². The van der Waals surface area contributed by atoms with E-state index in [4.69, 9.17) is 0 Å². The van der Waals surface area contributed by atoms with Crippen molar-refractivity contribution < 1.29 is 0 Å². The summed E-state index contributed by atoms with van der Waals surface area (Å²) < 4.78 is 7.75. The molecule has 0 radical (unpaired) electrons. The maximum Gasteiger partial charge on any atom is 0.0795 e. The highest BCUT2D eigenvalue weighted by Gasteiger charge is 2.25. The molecule has 198 valence electrons. The first kappa shape index (κ1) is 22.2. The highest BCUT2D eigenvalue weighted by molar-refractivity contribution is 7.25. The number of benzene rings is 7. The van der Waals surface area contributed by atoms with Gasteiger partial charge in [0.05, 0.1) is 27.6 Å². The Bertz CT molecular complexity index is 2950. The second kappa shape index (κ2) is 7.71. The van der Waals surface area contributed by atoms with Gasteiger partial charge >= 0.3 is 0 Å². The molecule has 11 aromatic rings. The molecule has 0 aliphatic carbocycles. The van der Waals surface area contributed by atoms with Crippen molar-refractivity contribution in [3.05, 3.63) is 133 Å². The largest absolute Gasteiger partial charge is 0.307 e. The molecule has 0 aliphatic rings. The lowest BCUT2D eigenvalue weighted by molar-refractivity contribution is 1.19. The van der Waals surface area contributed by atoms with Crippen molar-refractivity contribution in [2.75, 3.05) is 0 Å². The Morgan fingerprint density at radius 3 is 1.81 bits per heavy atom. The van der Waals surface area contributed by atoms with Crippen molar-refractivity contribution in [3.8, 4) is 5.69 Å². The summed E-state index contributed by atoms with van der Waals surface area (Å²) in [6.45, 7) is 0. The van der Waals surface area contributed by atoms with Gasteiger partial charge in [-0.15, -0.1) is 11.3 Å². The molecular weight excluding hydrogens is 541 g/mol. The number of thiophene rings is 1. The third kappa shape index (κ3) is 2.61. The first-order valence-electron chi connectivity index (χ1n) is 14.8. The van der Waals surface area contributed by atoms with Crippen LogP contribution in [0.2, 0.25) is 0 Å². The maximum absolute atomic E-state index is 2.55. The Balaban J connectivity index is 1.47. The average molecular weight is 563 g/mol. The Morgan fingerprint density at radius 2 is 0.977 bits per heavy atom. The van der Waals surface area contributed by atoms with E-state index in [1.165, 1.54) is 96.5 Å². The van der Waals surface area contributed by atoms with Gasteiger partial charge in [0, 0.05) is 58.2 Å². The molecule has 4 heterocycles. The fourth-order valence-electron chi connectivity index (χ4n) is 7.97. The Hall–Kier alpha value is -5.38. The van der Waals surface area contributed by atoms with Crippen LogP contribution in [0.25, 0.3) is 96.5 Å². The Labute approximate surface area is 249 Å². The molecular formula is C40H22N2S. The molecule has 0 bridgehead atoms. The van der Waals surface area contributed by atoms with E-state index in [0.29, 0.717) is 0 Å². The van der Waals surface area contributed by atoms with Gasteiger partial charge in [0.15, 0.2) is 0 Å². The third-order valence-electron chi connectivity index (χ3n) is 9.61. The van der Waals surface area contributed by atoms with Crippen LogP contribution in [0.5, 0.6) is 0 Å². The van der Waals surface area contributed by atoms with Crippen molar-refractivity contribution in [2.24, 2.45) is 0 Å². The van der Waals surface area contributed by atoms with Crippen LogP contribution >= 0.6 is 11.3 Å². The van der Waals surface area contributed by atoms with E-state index in [0.717, 1.165) is 0 Å².